The van der Waals surface area contributed by atoms with Crippen LogP contribution in [0.15, 0.2) is 18.2 Å². The number of benzene rings is 1. The van der Waals surface area contributed by atoms with Crippen molar-refractivity contribution < 1.29 is 8.42 Å². The zero-order chi connectivity index (χ0) is 14.2. The van der Waals surface area contributed by atoms with E-state index in [4.69, 9.17) is 23.2 Å². The number of alkyl halides is 1. The Balaban J connectivity index is 2.54. The van der Waals surface area contributed by atoms with Crippen LogP contribution >= 0.6 is 23.2 Å². The first-order valence-corrected chi connectivity index (χ1v) is 8.63. The van der Waals surface area contributed by atoms with E-state index in [1.54, 1.807) is 25.1 Å². The third-order valence-corrected chi connectivity index (χ3v) is 4.14. The fourth-order valence-corrected chi connectivity index (χ4v) is 2.76. The second-order valence-corrected chi connectivity index (χ2v) is 7.85. The molecule has 1 aromatic heterocycles. The molecule has 0 saturated carbocycles. The van der Waals surface area contributed by atoms with Gasteiger partial charge in [0, 0.05) is 17.8 Å². The lowest BCUT2D eigenvalue weighted by Crippen LogP contribution is -2.13. The molecule has 4 nitrogen and oxygen atoms in total. The van der Waals surface area contributed by atoms with Gasteiger partial charge in [-0.3, -0.25) is 0 Å². The zero-order valence-corrected chi connectivity index (χ0v) is 12.9. The molecule has 1 aromatic carbocycles. The number of hydrogen-bond acceptors (Lipinski definition) is 3. The number of imidazole rings is 1. The summed E-state index contributed by atoms with van der Waals surface area (Å²) in [5.74, 6) is 0.698. The van der Waals surface area contributed by atoms with E-state index in [0.29, 0.717) is 17.4 Å². The number of aromatic nitrogens is 2. The molecule has 2 aromatic rings. The molecule has 0 saturated heterocycles. The predicted octanol–water partition coefficient (Wildman–Crippen LogP) is 3.03. The minimum atomic E-state index is -3.05. The molecule has 0 aliphatic carbocycles. The van der Waals surface area contributed by atoms with Crippen LogP contribution in [0.2, 0.25) is 5.02 Å². The summed E-state index contributed by atoms with van der Waals surface area (Å²) in [5, 5.41) is 0.285. The van der Waals surface area contributed by atoms with Crippen LogP contribution in [-0.4, -0.2) is 30.0 Å². The Morgan fingerprint density at radius 1 is 1.42 bits per heavy atom. The van der Waals surface area contributed by atoms with Gasteiger partial charge in [-0.05, 0) is 25.1 Å². The topological polar surface area (TPSA) is 52.0 Å². The van der Waals surface area contributed by atoms with E-state index >= 15 is 0 Å². The Bertz CT molecular complexity index is 708. The van der Waals surface area contributed by atoms with Crippen molar-refractivity contribution >= 4 is 44.1 Å². The van der Waals surface area contributed by atoms with E-state index in [2.05, 4.69) is 4.98 Å². The van der Waals surface area contributed by atoms with Crippen LogP contribution in [0.4, 0.5) is 0 Å². The third-order valence-electron chi connectivity index (χ3n) is 2.78. The molecule has 7 heteroatoms. The summed E-state index contributed by atoms with van der Waals surface area (Å²) in [6.07, 6.45) is 1.21. The number of rotatable bonds is 4. The van der Waals surface area contributed by atoms with Crippen LogP contribution in [0, 0.1) is 0 Å². The van der Waals surface area contributed by atoms with E-state index in [-0.39, 0.29) is 11.1 Å². The SMILES string of the molecule is CC(Cl)c1nc2ccc(Cl)cc2n1CCS(C)(=O)=O. The third kappa shape index (κ3) is 3.41. The molecule has 0 aliphatic rings. The second-order valence-electron chi connectivity index (χ2n) is 4.50. The van der Waals surface area contributed by atoms with Crippen molar-refractivity contribution in [3.8, 4) is 0 Å². The highest BCUT2D eigenvalue weighted by Crippen LogP contribution is 2.26. The second kappa shape index (κ2) is 5.31. The van der Waals surface area contributed by atoms with Gasteiger partial charge in [-0.2, -0.15) is 0 Å². The van der Waals surface area contributed by atoms with Gasteiger partial charge >= 0.3 is 0 Å². The highest BCUT2D eigenvalue weighted by molar-refractivity contribution is 7.90. The quantitative estimate of drug-likeness (QED) is 0.813. The predicted molar refractivity (Wildman–Crippen MR) is 78.7 cm³/mol. The standard InChI is InChI=1S/C12H14Cl2N2O2S/c1-8(13)12-15-10-4-3-9(14)7-11(10)16(12)5-6-19(2,17)18/h3-4,7-8H,5-6H2,1-2H3. The van der Waals surface area contributed by atoms with Crippen LogP contribution in [0.25, 0.3) is 11.0 Å². The molecule has 19 heavy (non-hydrogen) atoms. The van der Waals surface area contributed by atoms with E-state index in [0.717, 1.165) is 11.0 Å². The van der Waals surface area contributed by atoms with E-state index in [1.807, 2.05) is 4.57 Å². The Hall–Kier alpha value is -0.780. The summed E-state index contributed by atoms with van der Waals surface area (Å²) in [6, 6.07) is 5.33. The van der Waals surface area contributed by atoms with Crippen molar-refractivity contribution in [3.63, 3.8) is 0 Å². The molecule has 0 amide bonds. The number of aryl methyl sites for hydroxylation is 1. The smallest absolute Gasteiger partial charge is 0.149 e. The van der Waals surface area contributed by atoms with Gasteiger partial charge in [0.25, 0.3) is 0 Å². The molecule has 0 aliphatic heterocycles. The minimum Gasteiger partial charge on any atom is -0.326 e. The number of nitrogens with zero attached hydrogens (tertiary/aromatic N) is 2. The largest absolute Gasteiger partial charge is 0.326 e. The van der Waals surface area contributed by atoms with Crippen LogP contribution in [0.1, 0.15) is 18.1 Å². The summed E-state index contributed by atoms with van der Waals surface area (Å²) in [6.45, 7) is 2.13. The van der Waals surface area contributed by atoms with Gasteiger partial charge in [0.1, 0.15) is 15.7 Å². The summed E-state index contributed by atoms with van der Waals surface area (Å²) in [7, 11) is -3.05. The maximum Gasteiger partial charge on any atom is 0.149 e. The summed E-state index contributed by atoms with van der Waals surface area (Å²) >= 11 is 12.1. The lowest BCUT2D eigenvalue weighted by Gasteiger charge is -2.09. The van der Waals surface area contributed by atoms with Crippen LogP contribution in [0.5, 0.6) is 0 Å². The van der Waals surface area contributed by atoms with E-state index in [1.165, 1.54) is 6.26 Å². The maximum atomic E-state index is 11.3. The molecule has 1 heterocycles. The average Bonchev–Trinajstić information content (AvgIpc) is 2.63. The summed E-state index contributed by atoms with van der Waals surface area (Å²) < 4.78 is 24.5. The first-order valence-electron chi connectivity index (χ1n) is 5.75. The minimum absolute atomic E-state index is 0.0432. The molecule has 0 radical (unpaired) electrons. The maximum absolute atomic E-state index is 11.3. The number of hydrogen-bond donors (Lipinski definition) is 0. The fourth-order valence-electron chi connectivity index (χ4n) is 1.91. The molecular formula is C12H14Cl2N2O2S. The zero-order valence-electron chi connectivity index (χ0n) is 10.6. The van der Waals surface area contributed by atoms with Crippen LogP contribution in [0.3, 0.4) is 0 Å². The van der Waals surface area contributed by atoms with E-state index in [9.17, 15) is 8.42 Å². The summed E-state index contributed by atoms with van der Waals surface area (Å²) in [4.78, 5) is 4.43. The van der Waals surface area contributed by atoms with Gasteiger partial charge in [-0.25, -0.2) is 13.4 Å². The molecule has 1 unspecified atom stereocenters. The Kier molecular flexibility index (Phi) is 4.08. The average molecular weight is 321 g/mol. The number of sulfone groups is 1. The van der Waals surface area contributed by atoms with Crippen molar-refractivity contribution in [2.75, 3.05) is 12.0 Å². The monoisotopic (exact) mass is 320 g/mol. The Morgan fingerprint density at radius 2 is 2.11 bits per heavy atom. The first-order chi connectivity index (χ1) is 8.78. The van der Waals surface area contributed by atoms with Gasteiger partial charge in [0.15, 0.2) is 0 Å². The summed E-state index contributed by atoms with van der Waals surface area (Å²) in [5.41, 5.74) is 1.57. The van der Waals surface area contributed by atoms with Gasteiger partial charge in [0.05, 0.1) is 22.2 Å². The van der Waals surface area contributed by atoms with Gasteiger partial charge in [-0.1, -0.05) is 11.6 Å². The Morgan fingerprint density at radius 3 is 2.68 bits per heavy atom. The molecule has 2 rings (SSSR count). The van der Waals surface area contributed by atoms with Crippen molar-refractivity contribution in [1.29, 1.82) is 0 Å². The first kappa shape index (κ1) is 14.6. The van der Waals surface area contributed by atoms with E-state index < -0.39 is 9.84 Å². The number of fused-ring (bicyclic) bond motifs is 1. The molecular weight excluding hydrogens is 307 g/mol. The van der Waals surface area contributed by atoms with Crippen LogP contribution in [-0.2, 0) is 16.4 Å². The van der Waals surface area contributed by atoms with Gasteiger partial charge in [0.2, 0.25) is 0 Å². The lowest BCUT2D eigenvalue weighted by molar-refractivity contribution is 0.593. The number of halogens is 2. The highest BCUT2D eigenvalue weighted by Gasteiger charge is 2.16. The van der Waals surface area contributed by atoms with Gasteiger partial charge in [-0.15, -0.1) is 11.6 Å². The molecule has 0 fully saturated rings. The highest BCUT2D eigenvalue weighted by atomic mass is 35.5. The molecule has 104 valence electrons. The van der Waals surface area contributed by atoms with Crippen molar-refractivity contribution in [2.24, 2.45) is 0 Å². The molecule has 0 bridgehead atoms. The van der Waals surface area contributed by atoms with Crippen molar-refractivity contribution in [1.82, 2.24) is 9.55 Å². The van der Waals surface area contributed by atoms with Gasteiger partial charge < -0.3 is 4.57 Å². The van der Waals surface area contributed by atoms with Crippen molar-refractivity contribution in [2.45, 2.75) is 18.8 Å². The molecule has 0 N–H and O–H groups in total. The molecule has 0 spiro atoms. The lowest BCUT2D eigenvalue weighted by atomic mass is 10.3. The Labute approximate surface area is 122 Å². The van der Waals surface area contributed by atoms with Crippen LogP contribution < -0.4 is 0 Å². The van der Waals surface area contributed by atoms with Crippen molar-refractivity contribution in [3.05, 3.63) is 29.0 Å². The normalized spacial score (nSPS) is 13.9. The molecule has 1 atom stereocenters. The fraction of sp³-hybridized carbons (Fsp3) is 0.417.